The first-order chi connectivity index (χ1) is 6.25. The minimum absolute atomic E-state index is 0.190. The fourth-order valence-corrected chi connectivity index (χ4v) is 2.01. The van der Waals surface area contributed by atoms with Crippen LogP contribution < -0.4 is 0 Å². The quantitative estimate of drug-likeness (QED) is 0.668. The molecule has 1 unspecified atom stereocenters. The summed E-state index contributed by atoms with van der Waals surface area (Å²) in [6.45, 7) is 2.10. The minimum atomic E-state index is -0.603. The lowest BCUT2D eigenvalue weighted by Gasteiger charge is -2.28. The molecule has 0 N–H and O–H groups in total. The third kappa shape index (κ3) is 2.09. The molecule has 13 heavy (non-hydrogen) atoms. The molecule has 72 valence electrons. The lowest BCUT2D eigenvalue weighted by molar-refractivity contribution is -0.128. The standard InChI is InChI=1S/C11H17NO/c1-2-3-7-11(9-12)8-5-4-6-10(11)13/h2-8H2,1H3. The van der Waals surface area contributed by atoms with Crippen LogP contribution in [-0.2, 0) is 4.79 Å². The number of unbranched alkanes of at least 4 members (excludes halogenated alkanes) is 1. The third-order valence-electron chi connectivity index (χ3n) is 2.96. The predicted octanol–water partition coefficient (Wildman–Crippen LogP) is 2.83. The Balaban J connectivity index is 2.66. The average Bonchev–Trinajstić information content (AvgIpc) is 2.17. The maximum absolute atomic E-state index is 11.6. The number of rotatable bonds is 3. The van der Waals surface area contributed by atoms with Gasteiger partial charge < -0.3 is 0 Å². The fraction of sp³-hybridized carbons (Fsp3) is 0.818. The molecule has 1 aliphatic carbocycles. The van der Waals surface area contributed by atoms with Gasteiger partial charge in [0.1, 0.15) is 5.41 Å². The summed E-state index contributed by atoms with van der Waals surface area (Å²) in [6, 6.07) is 2.25. The highest BCUT2D eigenvalue weighted by atomic mass is 16.1. The van der Waals surface area contributed by atoms with Crippen LogP contribution >= 0.6 is 0 Å². The number of carbonyl (C=O) groups excluding carboxylic acids is 1. The number of Topliss-reactive ketones (excluding diaryl/α,β-unsaturated/α-hetero) is 1. The van der Waals surface area contributed by atoms with Crippen LogP contribution in [0.5, 0.6) is 0 Å². The first-order valence-corrected chi connectivity index (χ1v) is 5.20. The fourth-order valence-electron chi connectivity index (χ4n) is 2.01. The van der Waals surface area contributed by atoms with Crippen molar-refractivity contribution in [3.8, 4) is 6.07 Å². The summed E-state index contributed by atoms with van der Waals surface area (Å²) >= 11 is 0. The van der Waals surface area contributed by atoms with Gasteiger partial charge in [0.15, 0.2) is 5.78 Å². The summed E-state index contributed by atoms with van der Waals surface area (Å²) in [5.41, 5.74) is -0.603. The van der Waals surface area contributed by atoms with Crippen molar-refractivity contribution in [1.29, 1.82) is 5.26 Å². The van der Waals surface area contributed by atoms with Crippen molar-refractivity contribution < 1.29 is 4.79 Å². The predicted molar refractivity (Wildman–Crippen MR) is 51.0 cm³/mol. The molecular weight excluding hydrogens is 162 g/mol. The van der Waals surface area contributed by atoms with Crippen LogP contribution in [0.1, 0.15) is 51.9 Å². The highest BCUT2D eigenvalue weighted by molar-refractivity contribution is 5.88. The first-order valence-electron chi connectivity index (χ1n) is 5.20. The molecule has 0 spiro atoms. The molecule has 0 aliphatic heterocycles. The Bertz CT molecular complexity index is 229. The minimum Gasteiger partial charge on any atom is -0.298 e. The second kappa shape index (κ2) is 4.41. The normalized spacial score (nSPS) is 28.5. The van der Waals surface area contributed by atoms with Gasteiger partial charge in [0.25, 0.3) is 0 Å². The van der Waals surface area contributed by atoms with Crippen LogP contribution in [0.4, 0.5) is 0 Å². The van der Waals surface area contributed by atoms with Crippen LogP contribution in [0.2, 0.25) is 0 Å². The Morgan fingerprint density at radius 3 is 2.85 bits per heavy atom. The van der Waals surface area contributed by atoms with E-state index in [1.54, 1.807) is 0 Å². The van der Waals surface area contributed by atoms with Gasteiger partial charge in [0.2, 0.25) is 0 Å². The molecule has 1 saturated carbocycles. The van der Waals surface area contributed by atoms with Crippen molar-refractivity contribution >= 4 is 5.78 Å². The zero-order chi connectivity index (χ0) is 9.73. The van der Waals surface area contributed by atoms with E-state index in [4.69, 9.17) is 5.26 Å². The largest absolute Gasteiger partial charge is 0.298 e. The smallest absolute Gasteiger partial charge is 0.153 e. The lowest BCUT2D eigenvalue weighted by Crippen LogP contribution is -2.32. The van der Waals surface area contributed by atoms with Gasteiger partial charge in [-0.3, -0.25) is 4.79 Å². The Morgan fingerprint density at radius 2 is 2.31 bits per heavy atom. The summed E-state index contributed by atoms with van der Waals surface area (Å²) < 4.78 is 0. The van der Waals surface area contributed by atoms with Crippen LogP contribution in [-0.4, -0.2) is 5.78 Å². The molecule has 0 saturated heterocycles. The molecule has 1 atom stereocenters. The van der Waals surface area contributed by atoms with Crippen LogP contribution in [0, 0.1) is 16.7 Å². The molecule has 0 aromatic heterocycles. The van der Waals surface area contributed by atoms with Gasteiger partial charge in [0.05, 0.1) is 6.07 Å². The molecule has 0 heterocycles. The summed E-state index contributed by atoms with van der Waals surface area (Å²) in [6.07, 6.45) is 6.28. The molecule has 0 amide bonds. The molecule has 0 radical (unpaired) electrons. The lowest BCUT2D eigenvalue weighted by atomic mass is 9.71. The number of hydrogen-bond acceptors (Lipinski definition) is 2. The molecule has 0 aromatic carbocycles. The SMILES string of the molecule is CCCCC1(C#N)CCCCC1=O. The van der Waals surface area contributed by atoms with Crippen LogP contribution in [0.3, 0.4) is 0 Å². The summed E-state index contributed by atoms with van der Waals surface area (Å²) in [5.74, 6) is 0.190. The second-order valence-corrected chi connectivity index (χ2v) is 3.93. The van der Waals surface area contributed by atoms with Crippen molar-refractivity contribution in [2.24, 2.45) is 5.41 Å². The average molecular weight is 179 g/mol. The van der Waals surface area contributed by atoms with E-state index in [0.29, 0.717) is 6.42 Å². The van der Waals surface area contributed by atoms with E-state index in [9.17, 15) is 4.79 Å². The van der Waals surface area contributed by atoms with Crippen LogP contribution in [0.15, 0.2) is 0 Å². The van der Waals surface area contributed by atoms with Gasteiger partial charge in [-0.05, 0) is 19.3 Å². The molecule has 1 rings (SSSR count). The van der Waals surface area contributed by atoms with Gasteiger partial charge in [0, 0.05) is 6.42 Å². The number of carbonyl (C=O) groups is 1. The molecule has 0 bridgehead atoms. The molecule has 1 fully saturated rings. The van der Waals surface area contributed by atoms with E-state index in [1.807, 2.05) is 0 Å². The van der Waals surface area contributed by atoms with E-state index in [-0.39, 0.29) is 5.78 Å². The van der Waals surface area contributed by atoms with Crippen LogP contribution in [0.25, 0.3) is 0 Å². The van der Waals surface area contributed by atoms with Crippen molar-refractivity contribution in [3.63, 3.8) is 0 Å². The van der Waals surface area contributed by atoms with Crippen molar-refractivity contribution in [2.45, 2.75) is 51.9 Å². The second-order valence-electron chi connectivity index (χ2n) is 3.93. The summed E-state index contributed by atoms with van der Waals surface area (Å²) in [7, 11) is 0. The zero-order valence-electron chi connectivity index (χ0n) is 8.31. The molecule has 1 aliphatic rings. The number of nitriles is 1. The maximum atomic E-state index is 11.6. The topological polar surface area (TPSA) is 40.9 Å². The highest BCUT2D eigenvalue weighted by Crippen LogP contribution is 2.37. The molecule has 2 nitrogen and oxygen atoms in total. The molecule has 2 heteroatoms. The van der Waals surface area contributed by atoms with E-state index >= 15 is 0 Å². The number of nitrogens with zero attached hydrogens (tertiary/aromatic N) is 1. The monoisotopic (exact) mass is 179 g/mol. The Kier molecular flexibility index (Phi) is 3.48. The third-order valence-corrected chi connectivity index (χ3v) is 2.96. The first kappa shape index (κ1) is 10.2. The highest BCUT2D eigenvalue weighted by Gasteiger charge is 2.39. The molecule has 0 aromatic rings. The van der Waals surface area contributed by atoms with Gasteiger partial charge in [-0.1, -0.05) is 26.2 Å². The van der Waals surface area contributed by atoms with E-state index in [0.717, 1.165) is 38.5 Å². The van der Waals surface area contributed by atoms with Gasteiger partial charge >= 0.3 is 0 Å². The van der Waals surface area contributed by atoms with Crippen molar-refractivity contribution in [2.75, 3.05) is 0 Å². The van der Waals surface area contributed by atoms with Crippen molar-refractivity contribution in [1.82, 2.24) is 0 Å². The summed E-state index contributed by atoms with van der Waals surface area (Å²) in [4.78, 5) is 11.6. The molecular formula is C11H17NO. The Morgan fingerprint density at radius 1 is 1.54 bits per heavy atom. The Hall–Kier alpha value is -0.840. The zero-order valence-corrected chi connectivity index (χ0v) is 8.31. The summed E-state index contributed by atoms with van der Waals surface area (Å²) in [5, 5.41) is 9.07. The Labute approximate surface area is 79.9 Å². The number of hydrogen-bond donors (Lipinski definition) is 0. The maximum Gasteiger partial charge on any atom is 0.153 e. The van der Waals surface area contributed by atoms with Gasteiger partial charge in [-0.15, -0.1) is 0 Å². The van der Waals surface area contributed by atoms with E-state index in [1.165, 1.54) is 0 Å². The van der Waals surface area contributed by atoms with E-state index < -0.39 is 5.41 Å². The van der Waals surface area contributed by atoms with Gasteiger partial charge in [-0.25, -0.2) is 0 Å². The van der Waals surface area contributed by atoms with Gasteiger partial charge in [-0.2, -0.15) is 5.26 Å². The number of ketones is 1. The van der Waals surface area contributed by atoms with Crippen molar-refractivity contribution in [3.05, 3.63) is 0 Å². The van der Waals surface area contributed by atoms with E-state index in [2.05, 4.69) is 13.0 Å².